The van der Waals surface area contributed by atoms with E-state index < -0.39 is 0 Å². The highest BCUT2D eigenvalue weighted by Crippen LogP contribution is 2.31. The highest BCUT2D eigenvalue weighted by atomic mass is 32.2. The van der Waals surface area contributed by atoms with Crippen LogP contribution >= 0.6 is 11.8 Å². The van der Waals surface area contributed by atoms with E-state index in [1.54, 1.807) is 30.9 Å². The van der Waals surface area contributed by atoms with Crippen molar-refractivity contribution >= 4 is 22.7 Å². The van der Waals surface area contributed by atoms with Crippen molar-refractivity contribution < 1.29 is 9.47 Å². The van der Waals surface area contributed by atoms with Crippen molar-refractivity contribution in [3.63, 3.8) is 0 Å². The van der Waals surface area contributed by atoms with Crippen LogP contribution in [0.15, 0.2) is 33.7 Å². The van der Waals surface area contributed by atoms with Gasteiger partial charge in [0.25, 0.3) is 5.56 Å². The first-order valence-corrected chi connectivity index (χ1v) is 9.79. The number of thioether (sulfide) groups is 1. The molecule has 1 aliphatic rings. The van der Waals surface area contributed by atoms with Gasteiger partial charge in [-0.1, -0.05) is 23.4 Å². The van der Waals surface area contributed by atoms with E-state index >= 15 is 0 Å². The molecule has 0 N–H and O–H groups in total. The Morgan fingerprint density at radius 2 is 1.96 bits per heavy atom. The van der Waals surface area contributed by atoms with Gasteiger partial charge in [0.2, 0.25) is 0 Å². The number of methoxy groups -OCH3 is 2. The molecule has 0 bridgehead atoms. The number of allylic oxidation sites excluding steroid dienone is 2. The third kappa shape index (κ3) is 3.68. The molecule has 0 saturated carbocycles. The van der Waals surface area contributed by atoms with Gasteiger partial charge in [0.05, 0.1) is 25.1 Å². The van der Waals surface area contributed by atoms with E-state index in [4.69, 9.17) is 9.47 Å². The Morgan fingerprint density at radius 1 is 1.20 bits per heavy atom. The minimum Gasteiger partial charge on any atom is -0.493 e. The van der Waals surface area contributed by atoms with E-state index in [0.29, 0.717) is 28.9 Å². The molecule has 0 radical (unpaired) electrons. The minimum atomic E-state index is -0.0216. The molecule has 2 aromatic rings. The summed E-state index contributed by atoms with van der Waals surface area (Å²) in [5.74, 6) is 1.13. The van der Waals surface area contributed by atoms with Crippen molar-refractivity contribution in [1.82, 2.24) is 9.55 Å². The number of nitrogens with zero attached hydrogens (tertiary/aromatic N) is 2. The van der Waals surface area contributed by atoms with Gasteiger partial charge in [0.15, 0.2) is 16.7 Å². The van der Waals surface area contributed by atoms with E-state index in [2.05, 4.69) is 11.1 Å². The van der Waals surface area contributed by atoms with Crippen LogP contribution in [0.3, 0.4) is 0 Å². The summed E-state index contributed by atoms with van der Waals surface area (Å²) in [5.41, 5.74) is 2.07. The van der Waals surface area contributed by atoms with Crippen LogP contribution in [-0.2, 0) is 6.54 Å². The second-order valence-electron chi connectivity index (χ2n) is 6.14. The van der Waals surface area contributed by atoms with Crippen LogP contribution < -0.4 is 15.0 Å². The molecule has 0 saturated heterocycles. The molecule has 0 spiro atoms. The lowest BCUT2D eigenvalue weighted by atomic mass is 9.97. The number of hydrogen-bond acceptors (Lipinski definition) is 5. The molecule has 0 unspecified atom stereocenters. The molecule has 6 heteroatoms. The molecule has 25 heavy (non-hydrogen) atoms. The molecule has 0 atom stereocenters. The Hall–Kier alpha value is -1.95. The van der Waals surface area contributed by atoms with Crippen LogP contribution in [0.5, 0.6) is 11.5 Å². The maximum atomic E-state index is 13.0. The zero-order chi connectivity index (χ0) is 17.8. The van der Waals surface area contributed by atoms with Gasteiger partial charge in [0.1, 0.15) is 0 Å². The van der Waals surface area contributed by atoms with Gasteiger partial charge < -0.3 is 9.47 Å². The molecular formula is C19H24N2O3S. The summed E-state index contributed by atoms with van der Waals surface area (Å²) in [4.78, 5) is 17.7. The maximum absolute atomic E-state index is 13.0. The van der Waals surface area contributed by atoms with E-state index in [9.17, 15) is 4.79 Å². The molecule has 5 nitrogen and oxygen atoms in total. The van der Waals surface area contributed by atoms with E-state index in [1.165, 1.54) is 30.2 Å². The molecule has 1 heterocycles. The van der Waals surface area contributed by atoms with Gasteiger partial charge in [-0.05, 0) is 44.4 Å². The maximum Gasteiger partial charge on any atom is 0.262 e. The first-order valence-electron chi connectivity index (χ1n) is 8.56. The van der Waals surface area contributed by atoms with Crippen LogP contribution in [0.2, 0.25) is 0 Å². The zero-order valence-corrected chi connectivity index (χ0v) is 15.8. The van der Waals surface area contributed by atoms with Crippen LogP contribution in [0.1, 0.15) is 32.1 Å². The topological polar surface area (TPSA) is 53.4 Å². The van der Waals surface area contributed by atoms with Crippen LogP contribution in [0.25, 0.3) is 10.9 Å². The van der Waals surface area contributed by atoms with E-state index in [1.807, 2.05) is 6.26 Å². The second kappa shape index (κ2) is 7.95. The number of aromatic nitrogens is 2. The Morgan fingerprint density at radius 3 is 2.60 bits per heavy atom. The molecular weight excluding hydrogens is 336 g/mol. The summed E-state index contributed by atoms with van der Waals surface area (Å²) in [7, 11) is 3.15. The van der Waals surface area contributed by atoms with Gasteiger partial charge in [-0.25, -0.2) is 4.98 Å². The van der Waals surface area contributed by atoms with Crippen molar-refractivity contribution in [2.45, 2.75) is 43.8 Å². The van der Waals surface area contributed by atoms with Gasteiger partial charge in [-0.15, -0.1) is 0 Å². The van der Waals surface area contributed by atoms with Crippen LogP contribution in [0, 0.1) is 0 Å². The average Bonchev–Trinajstić information content (AvgIpc) is 2.66. The summed E-state index contributed by atoms with van der Waals surface area (Å²) in [6.07, 6.45) is 10.0. The summed E-state index contributed by atoms with van der Waals surface area (Å²) in [5, 5.41) is 1.30. The van der Waals surface area contributed by atoms with Crippen LogP contribution in [-0.4, -0.2) is 30.0 Å². The number of rotatable bonds is 6. The van der Waals surface area contributed by atoms with Crippen molar-refractivity contribution in [2.75, 3.05) is 20.5 Å². The zero-order valence-electron chi connectivity index (χ0n) is 15.0. The van der Waals surface area contributed by atoms with Crippen molar-refractivity contribution in [3.8, 4) is 11.5 Å². The molecule has 0 aliphatic heterocycles. The van der Waals surface area contributed by atoms with Gasteiger partial charge in [-0.3, -0.25) is 9.36 Å². The van der Waals surface area contributed by atoms with Crippen molar-refractivity contribution in [2.24, 2.45) is 0 Å². The predicted molar refractivity (Wildman–Crippen MR) is 102 cm³/mol. The quantitative estimate of drug-likeness (QED) is 0.442. The van der Waals surface area contributed by atoms with Gasteiger partial charge >= 0.3 is 0 Å². The smallest absolute Gasteiger partial charge is 0.262 e. The van der Waals surface area contributed by atoms with E-state index in [-0.39, 0.29) is 5.56 Å². The lowest BCUT2D eigenvalue weighted by Gasteiger charge is -2.16. The van der Waals surface area contributed by atoms with Crippen molar-refractivity contribution in [3.05, 3.63) is 34.1 Å². The first-order chi connectivity index (χ1) is 12.2. The molecule has 0 amide bonds. The van der Waals surface area contributed by atoms with Crippen LogP contribution in [0.4, 0.5) is 0 Å². The highest BCUT2D eigenvalue weighted by Gasteiger charge is 2.15. The molecule has 1 aliphatic carbocycles. The average molecular weight is 360 g/mol. The molecule has 3 rings (SSSR count). The third-order valence-corrected chi connectivity index (χ3v) is 5.33. The second-order valence-corrected chi connectivity index (χ2v) is 6.91. The van der Waals surface area contributed by atoms with Crippen molar-refractivity contribution in [1.29, 1.82) is 0 Å². The lowest BCUT2D eigenvalue weighted by molar-refractivity contribution is 0.355. The fraction of sp³-hybridized carbons (Fsp3) is 0.474. The fourth-order valence-corrected chi connectivity index (χ4v) is 3.85. The Labute approximate surface area is 152 Å². The summed E-state index contributed by atoms with van der Waals surface area (Å²) in [6, 6.07) is 3.49. The standard InChI is InChI=1S/C19H24N2O3S/c1-23-16-11-14-15(12-17(16)24-2)20-19(25-3)21(18(14)22)10-9-13-7-5-4-6-8-13/h7,11-12H,4-6,8-10H2,1-3H3. The fourth-order valence-electron chi connectivity index (χ4n) is 3.27. The largest absolute Gasteiger partial charge is 0.493 e. The Kier molecular flexibility index (Phi) is 5.68. The highest BCUT2D eigenvalue weighted by molar-refractivity contribution is 7.98. The Bertz CT molecular complexity index is 858. The Balaban J connectivity index is 2.03. The molecule has 134 valence electrons. The monoisotopic (exact) mass is 360 g/mol. The minimum absolute atomic E-state index is 0.0216. The SMILES string of the molecule is COc1cc2nc(SC)n(CCC3=CCCCC3)c(=O)c2cc1OC. The molecule has 1 aromatic heterocycles. The number of hydrogen-bond donors (Lipinski definition) is 0. The normalized spacial score (nSPS) is 14.4. The predicted octanol–water partition coefficient (Wildman–Crippen LogP) is 4.03. The summed E-state index contributed by atoms with van der Waals surface area (Å²) < 4.78 is 12.4. The molecule has 1 aromatic carbocycles. The summed E-state index contributed by atoms with van der Waals surface area (Å²) >= 11 is 1.49. The number of ether oxygens (including phenoxy) is 2. The third-order valence-electron chi connectivity index (χ3n) is 4.65. The van der Waals surface area contributed by atoms with E-state index in [0.717, 1.165) is 24.4 Å². The summed E-state index contributed by atoms with van der Waals surface area (Å²) in [6.45, 7) is 0.665. The van der Waals surface area contributed by atoms with Gasteiger partial charge in [-0.2, -0.15) is 0 Å². The molecule has 0 fully saturated rings. The number of fused-ring (bicyclic) bond motifs is 1. The van der Waals surface area contributed by atoms with Gasteiger partial charge in [0, 0.05) is 12.6 Å². The lowest BCUT2D eigenvalue weighted by Crippen LogP contribution is -2.24. The first kappa shape index (κ1) is 17.9. The number of benzene rings is 1.